The Balaban J connectivity index is 1.94. The van der Waals surface area contributed by atoms with Crippen LogP contribution in [0, 0.1) is 0 Å². The van der Waals surface area contributed by atoms with Crippen LogP contribution in [0.25, 0.3) is 0 Å². The first-order valence-electron chi connectivity index (χ1n) is 7.94. The van der Waals surface area contributed by atoms with E-state index in [9.17, 15) is 18.0 Å². The van der Waals surface area contributed by atoms with Crippen molar-refractivity contribution in [2.24, 2.45) is 0 Å². The molecule has 1 aliphatic heterocycles. The average Bonchev–Trinajstić information content (AvgIpc) is 2.58. The van der Waals surface area contributed by atoms with Crippen LogP contribution in [-0.2, 0) is 13.8 Å². The van der Waals surface area contributed by atoms with Crippen molar-refractivity contribution in [1.82, 2.24) is 9.80 Å². The van der Waals surface area contributed by atoms with Crippen molar-refractivity contribution in [1.29, 1.82) is 0 Å². The molecule has 1 aliphatic rings. The number of nitrogens with zero attached hydrogens (tertiary/aromatic N) is 2. The minimum Gasteiger partial charge on any atom is -0.339 e. The number of unbranched alkanes of at least 4 members (excludes halogenated alkanes) is 1. The Kier molecular flexibility index (Phi) is 6.23. The van der Waals surface area contributed by atoms with Gasteiger partial charge in [-0.1, -0.05) is 13.3 Å². The van der Waals surface area contributed by atoms with Crippen LogP contribution in [0.15, 0.2) is 29.2 Å². The minimum atomic E-state index is -3.79. The summed E-state index contributed by atoms with van der Waals surface area (Å²) < 4.78 is 22.4. The van der Waals surface area contributed by atoms with Crippen LogP contribution >= 0.6 is 10.7 Å². The SMILES string of the molecule is CCCCC(=O)N1CCN(C(=O)c2ccc(S(=O)(=O)Cl)cc2)CC1. The second-order valence-electron chi connectivity index (χ2n) is 5.74. The van der Waals surface area contributed by atoms with Crippen LogP contribution < -0.4 is 0 Å². The fourth-order valence-corrected chi connectivity index (χ4v) is 3.36. The topological polar surface area (TPSA) is 74.8 Å². The highest BCUT2D eigenvalue weighted by Gasteiger charge is 2.24. The molecule has 1 saturated heterocycles. The monoisotopic (exact) mass is 372 g/mol. The van der Waals surface area contributed by atoms with E-state index in [0.29, 0.717) is 38.2 Å². The molecule has 1 aromatic carbocycles. The molecule has 0 spiro atoms. The van der Waals surface area contributed by atoms with Crippen LogP contribution in [0.3, 0.4) is 0 Å². The summed E-state index contributed by atoms with van der Waals surface area (Å²) >= 11 is 0. The molecule has 1 heterocycles. The molecule has 0 aliphatic carbocycles. The Morgan fingerprint density at radius 2 is 1.58 bits per heavy atom. The van der Waals surface area contributed by atoms with Gasteiger partial charge in [-0.25, -0.2) is 8.42 Å². The largest absolute Gasteiger partial charge is 0.339 e. The van der Waals surface area contributed by atoms with E-state index in [0.717, 1.165) is 12.8 Å². The third kappa shape index (κ3) is 4.70. The molecule has 6 nitrogen and oxygen atoms in total. The fraction of sp³-hybridized carbons (Fsp3) is 0.500. The zero-order chi connectivity index (χ0) is 17.7. The number of hydrogen-bond acceptors (Lipinski definition) is 4. The van der Waals surface area contributed by atoms with Crippen molar-refractivity contribution in [3.05, 3.63) is 29.8 Å². The molecule has 2 rings (SSSR count). The van der Waals surface area contributed by atoms with Crippen LogP contribution in [0.4, 0.5) is 0 Å². The van der Waals surface area contributed by atoms with Crippen LogP contribution in [0.1, 0.15) is 36.5 Å². The summed E-state index contributed by atoms with van der Waals surface area (Å²) in [7, 11) is 1.47. The quantitative estimate of drug-likeness (QED) is 0.742. The summed E-state index contributed by atoms with van der Waals surface area (Å²) in [5, 5.41) is 0. The molecule has 2 amide bonds. The Bertz CT molecular complexity index is 695. The molecular weight excluding hydrogens is 352 g/mol. The number of rotatable bonds is 5. The van der Waals surface area contributed by atoms with Crippen molar-refractivity contribution in [2.45, 2.75) is 31.1 Å². The van der Waals surface area contributed by atoms with Crippen molar-refractivity contribution in [3.8, 4) is 0 Å². The number of amides is 2. The zero-order valence-corrected chi connectivity index (χ0v) is 15.1. The van der Waals surface area contributed by atoms with Crippen LogP contribution in [0.5, 0.6) is 0 Å². The lowest BCUT2D eigenvalue weighted by Crippen LogP contribution is -2.50. The first kappa shape index (κ1) is 18.7. The van der Waals surface area contributed by atoms with E-state index < -0.39 is 9.05 Å². The summed E-state index contributed by atoms with van der Waals surface area (Å²) in [6, 6.07) is 5.55. The summed E-state index contributed by atoms with van der Waals surface area (Å²) in [6.07, 6.45) is 2.42. The first-order valence-corrected chi connectivity index (χ1v) is 10.3. The summed E-state index contributed by atoms with van der Waals surface area (Å²) in [5.41, 5.74) is 0.407. The highest BCUT2D eigenvalue weighted by atomic mass is 35.7. The zero-order valence-electron chi connectivity index (χ0n) is 13.6. The van der Waals surface area contributed by atoms with Gasteiger partial charge in [0, 0.05) is 48.8 Å². The summed E-state index contributed by atoms with van der Waals surface area (Å²) in [6.45, 7) is 4.06. The third-order valence-electron chi connectivity index (χ3n) is 4.05. The van der Waals surface area contributed by atoms with Crippen molar-refractivity contribution >= 4 is 31.5 Å². The highest BCUT2D eigenvalue weighted by Crippen LogP contribution is 2.17. The van der Waals surface area contributed by atoms with Crippen molar-refractivity contribution < 1.29 is 18.0 Å². The average molecular weight is 373 g/mol. The van der Waals surface area contributed by atoms with E-state index >= 15 is 0 Å². The second kappa shape index (κ2) is 7.98. The van der Waals surface area contributed by atoms with Crippen molar-refractivity contribution in [3.63, 3.8) is 0 Å². The summed E-state index contributed by atoms with van der Waals surface area (Å²) in [5.74, 6) is -0.0326. The van der Waals surface area contributed by atoms with Crippen molar-refractivity contribution in [2.75, 3.05) is 26.2 Å². The van der Waals surface area contributed by atoms with Gasteiger partial charge in [0.2, 0.25) is 5.91 Å². The molecule has 1 fully saturated rings. The maximum absolute atomic E-state index is 12.4. The van der Waals surface area contributed by atoms with Crippen LogP contribution in [-0.4, -0.2) is 56.2 Å². The standard InChI is InChI=1S/C16H21ClN2O4S/c1-2-3-4-15(20)18-9-11-19(12-10-18)16(21)13-5-7-14(8-6-13)24(17,22)23/h5-8H,2-4,9-12H2,1H3. The van der Waals surface area contributed by atoms with Gasteiger partial charge < -0.3 is 9.80 Å². The third-order valence-corrected chi connectivity index (χ3v) is 5.42. The molecule has 0 N–H and O–H groups in total. The Labute approximate surface area is 146 Å². The van der Waals surface area contributed by atoms with Gasteiger partial charge in [-0.3, -0.25) is 9.59 Å². The van der Waals surface area contributed by atoms with E-state index in [1.807, 2.05) is 6.92 Å². The molecular formula is C16H21ClN2O4S. The molecule has 0 radical (unpaired) electrons. The highest BCUT2D eigenvalue weighted by molar-refractivity contribution is 8.13. The molecule has 0 aromatic heterocycles. The molecule has 1 aromatic rings. The van der Waals surface area contributed by atoms with E-state index in [1.54, 1.807) is 9.80 Å². The number of carbonyl (C=O) groups is 2. The van der Waals surface area contributed by atoms with Gasteiger partial charge in [-0.15, -0.1) is 0 Å². The van der Waals surface area contributed by atoms with Gasteiger partial charge in [0.25, 0.3) is 15.0 Å². The lowest BCUT2D eigenvalue weighted by molar-refractivity contribution is -0.132. The molecule has 0 unspecified atom stereocenters. The van der Waals surface area contributed by atoms with Gasteiger partial charge >= 0.3 is 0 Å². The van der Waals surface area contributed by atoms with E-state index in [1.165, 1.54) is 24.3 Å². The van der Waals surface area contributed by atoms with E-state index in [4.69, 9.17) is 10.7 Å². The number of piperazine rings is 1. The Morgan fingerprint density at radius 3 is 2.08 bits per heavy atom. The van der Waals surface area contributed by atoms with Gasteiger partial charge in [0.05, 0.1) is 4.90 Å². The number of halogens is 1. The molecule has 0 atom stereocenters. The van der Waals surface area contributed by atoms with Gasteiger partial charge in [0.15, 0.2) is 0 Å². The number of benzene rings is 1. The normalized spacial score (nSPS) is 15.4. The molecule has 0 bridgehead atoms. The lowest BCUT2D eigenvalue weighted by atomic mass is 10.1. The smallest absolute Gasteiger partial charge is 0.261 e. The van der Waals surface area contributed by atoms with Crippen LogP contribution in [0.2, 0.25) is 0 Å². The van der Waals surface area contributed by atoms with E-state index in [2.05, 4.69) is 0 Å². The molecule has 0 saturated carbocycles. The fourth-order valence-electron chi connectivity index (χ4n) is 2.59. The number of carbonyl (C=O) groups excluding carboxylic acids is 2. The maximum atomic E-state index is 12.4. The maximum Gasteiger partial charge on any atom is 0.261 e. The predicted molar refractivity (Wildman–Crippen MR) is 91.5 cm³/mol. The Hall–Kier alpha value is -1.60. The van der Waals surface area contributed by atoms with E-state index in [-0.39, 0.29) is 16.7 Å². The molecule has 132 valence electrons. The first-order chi connectivity index (χ1) is 11.3. The minimum absolute atomic E-state index is 0.0351. The lowest BCUT2D eigenvalue weighted by Gasteiger charge is -2.35. The molecule has 8 heteroatoms. The summed E-state index contributed by atoms with van der Waals surface area (Å²) in [4.78, 5) is 27.9. The Morgan fingerprint density at radius 1 is 1.04 bits per heavy atom. The number of hydrogen-bond donors (Lipinski definition) is 0. The predicted octanol–water partition coefficient (Wildman–Crippen LogP) is 2.09. The van der Waals surface area contributed by atoms with Gasteiger partial charge in [0.1, 0.15) is 0 Å². The second-order valence-corrected chi connectivity index (χ2v) is 8.30. The van der Waals surface area contributed by atoms with Gasteiger partial charge in [-0.2, -0.15) is 0 Å². The van der Waals surface area contributed by atoms with Gasteiger partial charge in [-0.05, 0) is 30.7 Å². The molecule has 24 heavy (non-hydrogen) atoms.